The van der Waals surface area contributed by atoms with Crippen molar-refractivity contribution in [2.45, 2.75) is 76.9 Å². The minimum atomic E-state index is -1.19. The first-order valence-electron chi connectivity index (χ1n) is 15.6. The summed E-state index contributed by atoms with van der Waals surface area (Å²) in [5.41, 5.74) is 2.58. The van der Waals surface area contributed by atoms with Crippen molar-refractivity contribution >= 4 is 34.7 Å². The monoisotopic (exact) mass is 603 g/mol. The van der Waals surface area contributed by atoms with Crippen molar-refractivity contribution in [3.8, 4) is 0 Å². The zero-order valence-electron chi connectivity index (χ0n) is 25.9. The predicted octanol–water partition coefficient (Wildman–Crippen LogP) is 4.02. The molecule has 3 atom stereocenters. The number of urea groups is 1. The molecule has 236 valence electrons. The number of carboxylic acids is 1. The van der Waals surface area contributed by atoms with Gasteiger partial charge in [-0.15, -0.1) is 0 Å². The number of aromatic nitrogens is 1. The van der Waals surface area contributed by atoms with Crippen molar-refractivity contribution in [1.29, 1.82) is 0 Å². The highest BCUT2D eigenvalue weighted by molar-refractivity contribution is 5.94. The summed E-state index contributed by atoms with van der Waals surface area (Å²) in [6.45, 7) is 5.23. The van der Waals surface area contributed by atoms with Gasteiger partial charge >= 0.3 is 12.0 Å². The van der Waals surface area contributed by atoms with Crippen LogP contribution in [0.5, 0.6) is 0 Å². The summed E-state index contributed by atoms with van der Waals surface area (Å²) >= 11 is 0. The van der Waals surface area contributed by atoms with Crippen molar-refractivity contribution in [1.82, 2.24) is 25.4 Å². The van der Waals surface area contributed by atoms with Gasteiger partial charge in [0, 0.05) is 50.1 Å². The molecule has 0 bridgehead atoms. The van der Waals surface area contributed by atoms with E-state index in [0.29, 0.717) is 19.5 Å². The highest BCUT2D eigenvalue weighted by Gasteiger charge is 2.31. The molecule has 4 amide bonds. The molecule has 2 heterocycles. The van der Waals surface area contributed by atoms with Crippen LogP contribution in [-0.2, 0) is 34.3 Å². The molecule has 0 saturated carbocycles. The molecule has 1 fully saturated rings. The molecule has 1 aliphatic heterocycles. The lowest BCUT2D eigenvalue weighted by atomic mass is 10.00. The number of carbonyl (C=O) groups excluding carboxylic acids is 3. The number of rotatable bonds is 12. The van der Waals surface area contributed by atoms with Gasteiger partial charge in [0.25, 0.3) is 0 Å². The third kappa shape index (κ3) is 8.84. The average molecular weight is 604 g/mol. The highest BCUT2D eigenvalue weighted by atomic mass is 16.4. The Balaban J connectivity index is 1.57. The van der Waals surface area contributed by atoms with Crippen LogP contribution in [0, 0.1) is 5.92 Å². The number of benzene rings is 2. The first-order chi connectivity index (χ1) is 21.1. The van der Waals surface area contributed by atoms with Gasteiger partial charge in [-0.1, -0.05) is 75.2 Å². The van der Waals surface area contributed by atoms with Gasteiger partial charge in [-0.3, -0.25) is 9.59 Å². The van der Waals surface area contributed by atoms with Crippen LogP contribution in [-0.4, -0.2) is 69.6 Å². The topological polar surface area (TPSA) is 133 Å². The SMILES string of the molecule is CC(C)C[C@H](NC(=O)N1CCCCCC1)C(=O)N[C@H](Cc1cn(C)c2ccccc12)C(=O)N[C@H](Cc1ccccc1)C(=O)O. The lowest BCUT2D eigenvalue weighted by Gasteiger charge is -2.28. The molecule has 0 radical (unpaired) electrons. The van der Waals surface area contributed by atoms with Gasteiger partial charge in [0.05, 0.1) is 0 Å². The van der Waals surface area contributed by atoms with Crippen LogP contribution in [0.15, 0.2) is 60.8 Å². The van der Waals surface area contributed by atoms with E-state index in [1.165, 1.54) is 0 Å². The summed E-state index contributed by atoms with van der Waals surface area (Å²) in [5.74, 6) is -2.14. The van der Waals surface area contributed by atoms with E-state index in [4.69, 9.17) is 0 Å². The second-order valence-corrected chi connectivity index (χ2v) is 12.2. The Hall–Kier alpha value is -4.34. The minimum absolute atomic E-state index is 0.0959. The van der Waals surface area contributed by atoms with E-state index in [2.05, 4.69) is 16.0 Å². The molecule has 0 unspecified atom stereocenters. The number of fused-ring (bicyclic) bond motifs is 1. The molecule has 4 rings (SSSR count). The molecule has 44 heavy (non-hydrogen) atoms. The molecule has 1 saturated heterocycles. The van der Waals surface area contributed by atoms with Crippen LogP contribution in [0.4, 0.5) is 4.79 Å². The number of hydrogen-bond acceptors (Lipinski definition) is 4. The molecular formula is C34H45N5O5. The van der Waals surface area contributed by atoms with E-state index in [0.717, 1.165) is 47.7 Å². The van der Waals surface area contributed by atoms with Crippen LogP contribution in [0.25, 0.3) is 10.9 Å². The predicted molar refractivity (Wildman–Crippen MR) is 170 cm³/mol. The van der Waals surface area contributed by atoms with E-state index in [1.807, 2.05) is 74.1 Å². The minimum Gasteiger partial charge on any atom is -0.480 e. The fourth-order valence-corrected chi connectivity index (χ4v) is 5.83. The standard InChI is InChI=1S/C34H45N5O5/c1-23(2)19-27(37-34(44)39-17-11-4-5-12-18-39)31(40)35-28(21-25-22-38(3)30-16-10-9-15-26(25)30)32(41)36-29(33(42)43)20-24-13-7-6-8-14-24/h6-10,13-16,22-23,27-29H,4-5,11-12,17-21H2,1-3H3,(H,35,40)(H,36,41)(H,37,44)(H,42,43)/t27-,28+,29+/m0/s1. The first-order valence-corrected chi connectivity index (χ1v) is 15.6. The normalized spacial score (nSPS) is 15.7. The molecule has 1 aromatic heterocycles. The fourth-order valence-electron chi connectivity index (χ4n) is 5.83. The molecule has 1 aliphatic rings. The van der Waals surface area contributed by atoms with Gasteiger partial charge in [0.2, 0.25) is 11.8 Å². The van der Waals surface area contributed by atoms with Gasteiger partial charge < -0.3 is 30.5 Å². The Labute approximate surface area is 259 Å². The Kier molecular flexibility index (Phi) is 11.4. The molecular weight excluding hydrogens is 558 g/mol. The van der Waals surface area contributed by atoms with E-state index in [1.54, 1.807) is 17.0 Å². The van der Waals surface area contributed by atoms with E-state index in [9.17, 15) is 24.3 Å². The number of nitrogens with zero attached hydrogens (tertiary/aromatic N) is 2. The number of nitrogens with one attached hydrogen (secondary N) is 3. The number of hydrogen-bond donors (Lipinski definition) is 4. The summed E-state index contributed by atoms with van der Waals surface area (Å²) in [7, 11) is 1.91. The number of aryl methyl sites for hydroxylation is 1. The molecule has 4 N–H and O–H groups in total. The van der Waals surface area contributed by atoms with Crippen LogP contribution < -0.4 is 16.0 Å². The van der Waals surface area contributed by atoms with Crippen LogP contribution >= 0.6 is 0 Å². The quantitative estimate of drug-likeness (QED) is 0.248. The maximum absolute atomic E-state index is 13.8. The van der Waals surface area contributed by atoms with Gasteiger partial charge in [0.1, 0.15) is 18.1 Å². The molecule has 0 aliphatic carbocycles. The number of carboxylic acid groups (broad SMARTS) is 1. The third-order valence-corrected chi connectivity index (χ3v) is 8.15. The Morgan fingerprint density at radius 3 is 2.05 bits per heavy atom. The van der Waals surface area contributed by atoms with Crippen molar-refractivity contribution in [3.63, 3.8) is 0 Å². The maximum Gasteiger partial charge on any atom is 0.326 e. The van der Waals surface area contributed by atoms with Gasteiger partial charge in [-0.25, -0.2) is 9.59 Å². The van der Waals surface area contributed by atoms with Crippen LogP contribution in [0.2, 0.25) is 0 Å². The van der Waals surface area contributed by atoms with Gasteiger partial charge in [0.15, 0.2) is 0 Å². The summed E-state index contributed by atoms with van der Waals surface area (Å²) in [4.78, 5) is 54.7. The smallest absolute Gasteiger partial charge is 0.326 e. The van der Waals surface area contributed by atoms with E-state index >= 15 is 0 Å². The molecule has 0 spiro atoms. The molecule has 2 aromatic carbocycles. The van der Waals surface area contributed by atoms with E-state index < -0.39 is 35.9 Å². The van der Waals surface area contributed by atoms with Crippen LogP contribution in [0.3, 0.4) is 0 Å². The van der Waals surface area contributed by atoms with Crippen molar-refractivity contribution < 1.29 is 24.3 Å². The lowest BCUT2D eigenvalue weighted by Crippen LogP contribution is -2.58. The second kappa shape index (κ2) is 15.4. The summed E-state index contributed by atoms with van der Waals surface area (Å²) in [6.07, 6.45) is 6.55. The van der Waals surface area contributed by atoms with E-state index in [-0.39, 0.29) is 24.8 Å². The van der Waals surface area contributed by atoms with Gasteiger partial charge in [-0.05, 0) is 42.4 Å². The number of para-hydroxylation sites is 1. The summed E-state index contributed by atoms with van der Waals surface area (Å²) in [5, 5.41) is 19.4. The number of aliphatic carboxylic acids is 1. The Morgan fingerprint density at radius 1 is 0.773 bits per heavy atom. The second-order valence-electron chi connectivity index (χ2n) is 12.2. The maximum atomic E-state index is 13.8. The Morgan fingerprint density at radius 2 is 1.39 bits per heavy atom. The zero-order chi connectivity index (χ0) is 31.6. The molecule has 10 heteroatoms. The number of amides is 4. The van der Waals surface area contributed by atoms with Crippen molar-refractivity contribution in [3.05, 3.63) is 71.9 Å². The number of likely N-dealkylation sites (tertiary alicyclic amines) is 1. The summed E-state index contributed by atoms with van der Waals surface area (Å²) < 4.78 is 1.96. The third-order valence-electron chi connectivity index (χ3n) is 8.15. The zero-order valence-corrected chi connectivity index (χ0v) is 25.9. The highest BCUT2D eigenvalue weighted by Crippen LogP contribution is 2.22. The molecule has 10 nitrogen and oxygen atoms in total. The lowest BCUT2D eigenvalue weighted by molar-refractivity contribution is -0.142. The largest absolute Gasteiger partial charge is 0.480 e. The van der Waals surface area contributed by atoms with Crippen LogP contribution in [0.1, 0.15) is 57.1 Å². The molecule has 3 aromatic rings. The van der Waals surface area contributed by atoms with Gasteiger partial charge in [-0.2, -0.15) is 0 Å². The average Bonchev–Trinajstić information content (AvgIpc) is 3.15. The first kappa shape index (κ1) is 32.6. The Bertz CT molecular complexity index is 1430. The van der Waals surface area contributed by atoms with Crippen molar-refractivity contribution in [2.75, 3.05) is 13.1 Å². The number of carbonyl (C=O) groups is 4. The summed E-state index contributed by atoms with van der Waals surface area (Å²) in [6, 6.07) is 13.5. The fraction of sp³-hybridized carbons (Fsp3) is 0.471. The van der Waals surface area contributed by atoms with Crippen molar-refractivity contribution in [2.24, 2.45) is 13.0 Å².